The van der Waals surface area contributed by atoms with Gasteiger partial charge in [-0.1, -0.05) is 26.0 Å². The number of hydrogen-bond acceptors (Lipinski definition) is 2. The lowest BCUT2D eigenvalue weighted by Crippen LogP contribution is -2.48. The second kappa shape index (κ2) is 5.32. The molecule has 0 atom stereocenters. The fraction of sp³-hybridized carbons (Fsp3) is 0.500. The average Bonchev–Trinajstić information content (AvgIpc) is 2.27. The van der Waals surface area contributed by atoms with Gasteiger partial charge in [-0.3, -0.25) is 4.79 Å². The van der Waals surface area contributed by atoms with Crippen molar-refractivity contribution in [2.45, 2.75) is 19.8 Å². The van der Waals surface area contributed by atoms with Crippen LogP contribution in [0.4, 0.5) is 0 Å². The number of carbonyl (C=O) groups excluding carboxylic acids is 1. The lowest BCUT2D eigenvalue weighted by atomic mass is 10.0. The highest BCUT2D eigenvalue weighted by molar-refractivity contribution is 5.94. The molecule has 0 spiro atoms. The van der Waals surface area contributed by atoms with E-state index in [1.165, 1.54) is 5.56 Å². The Morgan fingerprint density at radius 2 is 2.00 bits per heavy atom. The van der Waals surface area contributed by atoms with Gasteiger partial charge in [-0.05, 0) is 23.6 Å². The lowest BCUT2D eigenvalue weighted by molar-refractivity contribution is 0.0942. The Hall–Kier alpha value is -1.35. The van der Waals surface area contributed by atoms with Crippen molar-refractivity contribution < 1.29 is 4.79 Å². The van der Waals surface area contributed by atoms with E-state index in [1.54, 1.807) is 0 Å². The summed E-state index contributed by atoms with van der Waals surface area (Å²) in [6, 6.07) is 7.88. The summed E-state index contributed by atoms with van der Waals surface area (Å²) < 4.78 is 0. The molecule has 1 aliphatic rings. The standard InChI is InChI=1S/C14H20N2O/c1-10(2)12-3-5-13(6-4-12)14(17)16-9-11-7-15-8-11/h3-6,10-11,15H,7-9H2,1-2H3,(H,16,17). The first-order valence-electron chi connectivity index (χ1n) is 6.25. The number of rotatable bonds is 4. The number of carbonyl (C=O) groups is 1. The highest BCUT2D eigenvalue weighted by atomic mass is 16.1. The maximum atomic E-state index is 11.8. The normalized spacial score (nSPS) is 15.7. The molecular weight excluding hydrogens is 212 g/mol. The van der Waals surface area contributed by atoms with Gasteiger partial charge in [-0.15, -0.1) is 0 Å². The van der Waals surface area contributed by atoms with Crippen LogP contribution in [0.25, 0.3) is 0 Å². The van der Waals surface area contributed by atoms with Gasteiger partial charge < -0.3 is 10.6 Å². The van der Waals surface area contributed by atoms with E-state index >= 15 is 0 Å². The predicted molar refractivity (Wildman–Crippen MR) is 69.2 cm³/mol. The van der Waals surface area contributed by atoms with Gasteiger partial charge in [-0.2, -0.15) is 0 Å². The number of nitrogens with one attached hydrogen (secondary N) is 2. The Kier molecular flexibility index (Phi) is 3.79. The largest absolute Gasteiger partial charge is 0.352 e. The van der Waals surface area contributed by atoms with Gasteiger partial charge >= 0.3 is 0 Å². The van der Waals surface area contributed by atoms with Crippen molar-refractivity contribution in [2.75, 3.05) is 19.6 Å². The number of amides is 1. The quantitative estimate of drug-likeness (QED) is 0.830. The Bertz CT molecular complexity index is 380. The van der Waals surface area contributed by atoms with Gasteiger partial charge in [0.05, 0.1) is 0 Å². The Balaban J connectivity index is 1.89. The molecule has 0 saturated carbocycles. The molecular formula is C14H20N2O. The second-order valence-corrected chi connectivity index (χ2v) is 5.01. The summed E-state index contributed by atoms with van der Waals surface area (Å²) in [6.07, 6.45) is 0. The van der Waals surface area contributed by atoms with Crippen LogP contribution in [0.15, 0.2) is 24.3 Å². The molecule has 0 aliphatic carbocycles. The first-order chi connectivity index (χ1) is 8.16. The van der Waals surface area contributed by atoms with Crippen molar-refractivity contribution in [3.63, 3.8) is 0 Å². The molecule has 1 saturated heterocycles. The maximum absolute atomic E-state index is 11.8. The zero-order valence-electron chi connectivity index (χ0n) is 10.5. The molecule has 1 aromatic carbocycles. The average molecular weight is 232 g/mol. The molecule has 1 aliphatic heterocycles. The monoisotopic (exact) mass is 232 g/mol. The molecule has 0 aromatic heterocycles. The van der Waals surface area contributed by atoms with E-state index in [1.807, 2.05) is 24.3 Å². The van der Waals surface area contributed by atoms with Crippen molar-refractivity contribution in [3.8, 4) is 0 Å². The highest BCUT2D eigenvalue weighted by Crippen LogP contribution is 2.14. The SMILES string of the molecule is CC(C)c1ccc(C(=O)NCC2CNC2)cc1. The summed E-state index contributed by atoms with van der Waals surface area (Å²) in [4.78, 5) is 11.8. The van der Waals surface area contributed by atoms with E-state index in [9.17, 15) is 4.79 Å². The zero-order valence-corrected chi connectivity index (χ0v) is 10.5. The molecule has 1 fully saturated rings. The van der Waals surface area contributed by atoms with Gasteiger partial charge in [0.2, 0.25) is 0 Å². The number of hydrogen-bond donors (Lipinski definition) is 2. The molecule has 1 amide bonds. The summed E-state index contributed by atoms with van der Waals surface area (Å²) >= 11 is 0. The minimum Gasteiger partial charge on any atom is -0.352 e. The van der Waals surface area contributed by atoms with Crippen LogP contribution in [0.5, 0.6) is 0 Å². The predicted octanol–water partition coefficient (Wildman–Crippen LogP) is 1.76. The molecule has 2 N–H and O–H groups in total. The molecule has 0 radical (unpaired) electrons. The van der Waals surface area contributed by atoms with Gasteiger partial charge in [0.15, 0.2) is 0 Å². The molecule has 1 heterocycles. The van der Waals surface area contributed by atoms with Crippen LogP contribution in [0.1, 0.15) is 35.7 Å². The van der Waals surface area contributed by atoms with Gasteiger partial charge in [-0.25, -0.2) is 0 Å². The molecule has 0 bridgehead atoms. The van der Waals surface area contributed by atoms with Crippen molar-refractivity contribution in [1.82, 2.24) is 10.6 Å². The molecule has 92 valence electrons. The van der Waals surface area contributed by atoms with E-state index in [2.05, 4.69) is 24.5 Å². The summed E-state index contributed by atoms with van der Waals surface area (Å²) in [6.45, 7) is 7.12. The van der Waals surface area contributed by atoms with Crippen LogP contribution in [0, 0.1) is 5.92 Å². The van der Waals surface area contributed by atoms with Crippen molar-refractivity contribution in [2.24, 2.45) is 5.92 Å². The third-order valence-electron chi connectivity index (χ3n) is 3.26. The van der Waals surface area contributed by atoms with E-state index in [4.69, 9.17) is 0 Å². The highest BCUT2D eigenvalue weighted by Gasteiger charge is 2.17. The third-order valence-corrected chi connectivity index (χ3v) is 3.26. The first kappa shape index (κ1) is 12.1. The van der Waals surface area contributed by atoms with Crippen LogP contribution < -0.4 is 10.6 Å². The summed E-state index contributed by atoms with van der Waals surface area (Å²) in [5.41, 5.74) is 2.02. The van der Waals surface area contributed by atoms with Crippen LogP contribution in [0.2, 0.25) is 0 Å². The van der Waals surface area contributed by atoms with E-state index in [0.717, 1.165) is 25.2 Å². The minimum absolute atomic E-state index is 0.0345. The maximum Gasteiger partial charge on any atom is 0.251 e. The Morgan fingerprint density at radius 3 is 2.47 bits per heavy atom. The van der Waals surface area contributed by atoms with Crippen LogP contribution in [-0.4, -0.2) is 25.5 Å². The van der Waals surface area contributed by atoms with Crippen molar-refractivity contribution >= 4 is 5.91 Å². The minimum atomic E-state index is 0.0345. The van der Waals surface area contributed by atoms with Gasteiger partial charge in [0.25, 0.3) is 5.91 Å². The fourth-order valence-electron chi connectivity index (χ4n) is 1.85. The van der Waals surface area contributed by atoms with E-state index < -0.39 is 0 Å². The molecule has 3 heteroatoms. The molecule has 0 unspecified atom stereocenters. The van der Waals surface area contributed by atoms with Crippen LogP contribution >= 0.6 is 0 Å². The van der Waals surface area contributed by atoms with E-state index in [0.29, 0.717) is 11.8 Å². The van der Waals surface area contributed by atoms with Crippen LogP contribution in [0.3, 0.4) is 0 Å². The zero-order chi connectivity index (χ0) is 12.3. The summed E-state index contributed by atoms with van der Waals surface area (Å²) in [5, 5.41) is 6.16. The van der Waals surface area contributed by atoms with E-state index in [-0.39, 0.29) is 5.91 Å². The first-order valence-corrected chi connectivity index (χ1v) is 6.25. The Morgan fingerprint density at radius 1 is 1.35 bits per heavy atom. The van der Waals surface area contributed by atoms with Gasteiger partial charge in [0, 0.05) is 31.1 Å². The Labute approximate surface area is 103 Å². The number of benzene rings is 1. The molecule has 3 nitrogen and oxygen atoms in total. The molecule has 17 heavy (non-hydrogen) atoms. The van der Waals surface area contributed by atoms with Crippen molar-refractivity contribution in [1.29, 1.82) is 0 Å². The topological polar surface area (TPSA) is 41.1 Å². The lowest BCUT2D eigenvalue weighted by Gasteiger charge is -2.27. The smallest absolute Gasteiger partial charge is 0.251 e. The molecule has 1 aromatic rings. The third kappa shape index (κ3) is 3.07. The summed E-state index contributed by atoms with van der Waals surface area (Å²) in [5.74, 6) is 1.15. The second-order valence-electron chi connectivity index (χ2n) is 5.01. The van der Waals surface area contributed by atoms with Gasteiger partial charge in [0.1, 0.15) is 0 Å². The fourth-order valence-corrected chi connectivity index (χ4v) is 1.85. The molecule has 2 rings (SSSR count). The summed E-state index contributed by atoms with van der Waals surface area (Å²) in [7, 11) is 0. The van der Waals surface area contributed by atoms with Crippen LogP contribution in [-0.2, 0) is 0 Å². The van der Waals surface area contributed by atoms with Crippen molar-refractivity contribution in [3.05, 3.63) is 35.4 Å².